The fourth-order valence-corrected chi connectivity index (χ4v) is 3.21. The largest absolute Gasteiger partial charge is 0.494 e. The van der Waals surface area contributed by atoms with Gasteiger partial charge in [-0.3, -0.25) is 0 Å². The summed E-state index contributed by atoms with van der Waals surface area (Å²) in [5, 5.41) is 1.26. The Balaban J connectivity index is 1.42. The van der Waals surface area contributed by atoms with E-state index in [-0.39, 0.29) is 0 Å². The second kappa shape index (κ2) is 10.5. The smallest absolute Gasteiger partial charge is 0.159 e. The first-order valence-corrected chi connectivity index (χ1v) is 10.9. The Morgan fingerprint density at radius 3 is 1.67 bits per heavy atom. The van der Waals surface area contributed by atoms with Gasteiger partial charge in [0.2, 0.25) is 0 Å². The molecule has 4 aromatic carbocycles. The number of benzene rings is 4. The van der Waals surface area contributed by atoms with E-state index in [9.17, 15) is 8.78 Å². The van der Waals surface area contributed by atoms with Crippen molar-refractivity contribution in [2.24, 2.45) is 0 Å². The lowest BCUT2D eigenvalue weighted by molar-refractivity contribution is 0.309. The van der Waals surface area contributed by atoms with Crippen molar-refractivity contribution in [2.75, 3.05) is 6.61 Å². The summed E-state index contributed by atoms with van der Waals surface area (Å²) >= 11 is 0. The van der Waals surface area contributed by atoms with Gasteiger partial charge in [-0.05, 0) is 90.0 Å². The van der Waals surface area contributed by atoms with Crippen LogP contribution in [-0.2, 0) is 0 Å². The molecule has 0 heterocycles. The molecule has 33 heavy (non-hydrogen) atoms. The summed E-state index contributed by atoms with van der Waals surface area (Å²) in [5.74, 6) is 11.6. The molecule has 0 saturated heterocycles. The van der Waals surface area contributed by atoms with Gasteiger partial charge >= 0.3 is 0 Å². The number of unbranched alkanes of at least 4 members (excludes halogenated alkanes) is 1. The molecule has 0 aliphatic carbocycles. The minimum absolute atomic E-state index is 0.617. The van der Waals surface area contributed by atoms with Crippen LogP contribution in [0.1, 0.15) is 42.0 Å². The maximum absolute atomic E-state index is 13.5. The molecule has 3 heteroatoms. The van der Waals surface area contributed by atoms with Crippen LogP contribution in [0.4, 0.5) is 8.78 Å². The van der Waals surface area contributed by atoms with E-state index in [2.05, 4.69) is 30.6 Å². The number of hydrogen-bond acceptors (Lipinski definition) is 1. The van der Waals surface area contributed by atoms with Crippen molar-refractivity contribution in [3.05, 3.63) is 113 Å². The van der Waals surface area contributed by atoms with Crippen LogP contribution < -0.4 is 4.74 Å². The van der Waals surface area contributed by atoms with E-state index in [1.54, 1.807) is 18.2 Å². The van der Waals surface area contributed by atoms with Crippen molar-refractivity contribution in [3.8, 4) is 29.4 Å². The zero-order chi connectivity index (χ0) is 23.0. The highest BCUT2D eigenvalue weighted by molar-refractivity contribution is 5.84. The quantitative estimate of drug-likeness (QED) is 0.245. The van der Waals surface area contributed by atoms with Crippen molar-refractivity contribution in [2.45, 2.75) is 19.8 Å². The molecule has 1 nitrogen and oxygen atoms in total. The van der Waals surface area contributed by atoms with E-state index in [1.807, 2.05) is 48.5 Å². The topological polar surface area (TPSA) is 9.23 Å². The van der Waals surface area contributed by atoms with Gasteiger partial charge in [0.25, 0.3) is 0 Å². The predicted octanol–water partition coefficient (Wildman–Crippen LogP) is 7.10. The van der Waals surface area contributed by atoms with Gasteiger partial charge in [0, 0.05) is 22.3 Å². The molecule has 0 aromatic heterocycles. The first-order chi connectivity index (χ1) is 16.1. The first kappa shape index (κ1) is 22.1. The van der Waals surface area contributed by atoms with E-state index in [4.69, 9.17) is 4.74 Å². The van der Waals surface area contributed by atoms with E-state index < -0.39 is 11.6 Å². The molecule has 0 saturated carbocycles. The Kier molecular flexibility index (Phi) is 7.03. The summed E-state index contributed by atoms with van der Waals surface area (Å²) in [5.41, 5.74) is 3.40. The van der Waals surface area contributed by atoms with Gasteiger partial charge < -0.3 is 4.74 Å². The molecule has 0 fully saturated rings. The summed E-state index contributed by atoms with van der Waals surface area (Å²) in [6, 6.07) is 23.2. The average molecular weight is 437 g/mol. The molecule has 0 N–H and O–H groups in total. The van der Waals surface area contributed by atoms with E-state index in [1.165, 1.54) is 12.1 Å². The van der Waals surface area contributed by atoms with Crippen LogP contribution in [0.25, 0.3) is 10.8 Å². The summed E-state index contributed by atoms with van der Waals surface area (Å²) in [6.07, 6.45) is 2.16. The van der Waals surface area contributed by atoms with Crippen molar-refractivity contribution >= 4 is 10.8 Å². The van der Waals surface area contributed by atoms with Crippen LogP contribution in [0, 0.1) is 35.3 Å². The number of halogens is 2. The van der Waals surface area contributed by atoms with Gasteiger partial charge in [0.05, 0.1) is 6.61 Å². The maximum atomic E-state index is 13.5. The predicted molar refractivity (Wildman–Crippen MR) is 129 cm³/mol. The highest BCUT2D eigenvalue weighted by Crippen LogP contribution is 2.20. The van der Waals surface area contributed by atoms with E-state index in [0.29, 0.717) is 10.8 Å². The number of rotatable bonds is 4. The number of hydrogen-bond donors (Lipinski definition) is 0. The van der Waals surface area contributed by atoms with Crippen LogP contribution in [0.2, 0.25) is 0 Å². The summed E-state index contributed by atoms with van der Waals surface area (Å²) in [7, 11) is 0. The molecule has 4 rings (SSSR count). The zero-order valence-electron chi connectivity index (χ0n) is 18.3. The molecule has 0 spiro atoms. The third-order valence-electron chi connectivity index (χ3n) is 5.09. The molecule has 162 valence electrons. The third kappa shape index (κ3) is 6.00. The van der Waals surface area contributed by atoms with Gasteiger partial charge in [0.1, 0.15) is 5.75 Å². The SMILES string of the molecule is CCCCOc1ccc(C#Cc2ccc(C#Cc3ccc4cc(F)c(F)cc4c3)cc2)cc1. The second-order valence-corrected chi connectivity index (χ2v) is 7.63. The van der Waals surface area contributed by atoms with Gasteiger partial charge in [-0.1, -0.05) is 43.1 Å². The van der Waals surface area contributed by atoms with Crippen molar-refractivity contribution in [3.63, 3.8) is 0 Å². The first-order valence-electron chi connectivity index (χ1n) is 10.9. The van der Waals surface area contributed by atoms with Crippen LogP contribution in [0.3, 0.4) is 0 Å². The molecule has 0 bridgehead atoms. The normalized spacial score (nSPS) is 10.2. The lowest BCUT2D eigenvalue weighted by Gasteiger charge is -2.04. The molecular formula is C30H22F2O. The van der Waals surface area contributed by atoms with Gasteiger partial charge in [-0.15, -0.1) is 0 Å². The number of fused-ring (bicyclic) bond motifs is 1. The Morgan fingerprint density at radius 2 is 1.09 bits per heavy atom. The Labute approximate surface area is 193 Å². The maximum Gasteiger partial charge on any atom is 0.159 e. The van der Waals surface area contributed by atoms with Crippen LogP contribution in [0.5, 0.6) is 5.75 Å². The summed E-state index contributed by atoms with van der Waals surface area (Å²) in [4.78, 5) is 0. The average Bonchev–Trinajstić information content (AvgIpc) is 2.84. The van der Waals surface area contributed by atoms with E-state index >= 15 is 0 Å². The second-order valence-electron chi connectivity index (χ2n) is 7.63. The van der Waals surface area contributed by atoms with Gasteiger partial charge in [-0.2, -0.15) is 0 Å². The van der Waals surface area contributed by atoms with Crippen LogP contribution >= 0.6 is 0 Å². The van der Waals surface area contributed by atoms with Gasteiger partial charge in [-0.25, -0.2) is 8.78 Å². The van der Waals surface area contributed by atoms with Crippen molar-refractivity contribution < 1.29 is 13.5 Å². The Morgan fingerprint density at radius 1 is 0.606 bits per heavy atom. The monoisotopic (exact) mass is 436 g/mol. The Bertz CT molecular complexity index is 1380. The summed E-state index contributed by atoms with van der Waals surface area (Å²) in [6.45, 7) is 2.87. The zero-order valence-corrected chi connectivity index (χ0v) is 18.3. The van der Waals surface area contributed by atoms with Crippen LogP contribution in [0.15, 0.2) is 78.9 Å². The van der Waals surface area contributed by atoms with E-state index in [0.717, 1.165) is 47.5 Å². The highest BCUT2D eigenvalue weighted by atomic mass is 19.2. The fraction of sp³-hybridized carbons (Fsp3) is 0.133. The minimum atomic E-state index is -0.861. The molecule has 0 aliphatic rings. The van der Waals surface area contributed by atoms with Crippen LogP contribution in [-0.4, -0.2) is 6.61 Å². The summed E-state index contributed by atoms with van der Waals surface area (Å²) < 4.78 is 32.5. The molecule has 0 unspecified atom stereocenters. The molecular weight excluding hydrogens is 414 g/mol. The Hall–Kier alpha value is -4.08. The molecule has 0 amide bonds. The number of ether oxygens (including phenoxy) is 1. The fourth-order valence-electron chi connectivity index (χ4n) is 3.21. The third-order valence-corrected chi connectivity index (χ3v) is 5.09. The molecule has 0 radical (unpaired) electrons. The minimum Gasteiger partial charge on any atom is -0.494 e. The van der Waals surface area contributed by atoms with Crippen molar-refractivity contribution in [1.82, 2.24) is 0 Å². The van der Waals surface area contributed by atoms with Crippen molar-refractivity contribution in [1.29, 1.82) is 0 Å². The lowest BCUT2D eigenvalue weighted by Crippen LogP contribution is -1.95. The lowest BCUT2D eigenvalue weighted by atomic mass is 10.1. The molecule has 0 aliphatic heterocycles. The molecule has 4 aromatic rings. The standard InChI is InChI=1S/C30H22F2O/c1-2-3-18-33-28-16-13-24(14-17-28)9-8-22-4-6-23(7-5-22)10-11-25-12-15-26-20-29(31)30(32)21-27(26)19-25/h4-7,12-17,19-21H,2-3,18H2,1H3. The van der Waals surface area contributed by atoms with Gasteiger partial charge in [0.15, 0.2) is 11.6 Å². The highest BCUT2D eigenvalue weighted by Gasteiger charge is 2.04. The molecule has 0 atom stereocenters.